The standard InChI is InChI=1S/C21H17ClN2O5S2/c1-3-8-23-20(25)18(31-21(23)30)11-13-9-15(22)19(17(10-13)28-2)29-12-14-6-4-5-7-16(14)24(26)27/h3-7,9-11H,1,8,12H2,2H3/b18-11-. The van der Waals surface area contributed by atoms with E-state index in [2.05, 4.69) is 6.58 Å². The van der Waals surface area contributed by atoms with Gasteiger partial charge in [0.25, 0.3) is 11.6 Å². The summed E-state index contributed by atoms with van der Waals surface area (Å²) in [6.07, 6.45) is 3.28. The first-order valence-corrected chi connectivity index (χ1v) is 10.5. The molecule has 0 aromatic heterocycles. The van der Waals surface area contributed by atoms with Gasteiger partial charge in [-0.1, -0.05) is 53.8 Å². The van der Waals surface area contributed by atoms with Crippen LogP contribution in [0.15, 0.2) is 54.0 Å². The van der Waals surface area contributed by atoms with Gasteiger partial charge < -0.3 is 9.47 Å². The van der Waals surface area contributed by atoms with E-state index in [0.29, 0.717) is 32.6 Å². The van der Waals surface area contributed by atoms with Crippen molar-refractivity contribution in [1.29, 1.82) is 0 Å². The summed E-state index contributed by atoms with van der Waals surface area (Å²) in [5, 5.41) is 11.4. The number of para-hydroxylation sites is 1. The van der Waals surface area contributed by atoms with E-state index in [1.54, 1.807) is 42.5 Å². The van der Waals surface area contributed by atoms with Crippen molar-refractivity contribution in [2.75, 3.05) is 13.7 Å². The van der Waals surface area contributed by atoms with Crippen molar-refractivity contribution in [1.82, 2.24) is 4.90 Å². The van der Waals surface area contributed by atoms with Crippen LogP contribution in [0.4, 0.5) is 5.69 Å². The number of ether oxygens (including phenoxy) is 2. The molecule has 1 heterocycles. The van der Waals surface area contributed by atoms with Crippen LogP contribution >= 0.6 is 35.6 Å². The first-order chi connectivity index (χ1) is 14.8. The third-order valence-electron chi connectivity index (χ3n) is 4.30. The molecule has 1 aliphatic rings. The largest absolute Gasteiger partial charge is 0.493 e. The molecule has 0 atom stereocenters. The fourth-order valence-corrected chi connectivity index (χ4v) is 4.41. The van der Waals surface area contributed by atoms with Crippen molar-refractivity contribution in [3.05, 3.63) is 80.2 Å². The monoisotopic (exact) mass is 476 g/mol. The van der Waals surface area contributed by atoms with E-state index in [9.17, 15) is 14.9 Å². The van der Waals surface area contributed by atoms with Crippen LogP contribution in [-0.4, -0.2) is 33.7 Å². The summed E-state index contributed by atoms with van der Waals surface area (Å²) in [6, 6.07) is 9.58. The van der Waals surface area contributed by atoms with Crippen LogP contribution < -0.4 is 9.47 Å². The summed E-state index contributed by atoms with van der Waals surface area (Å²) < 4.78 is 11.6. The van der Waals surface area contributed by atoms with Crippen molar-refractivity contribution in [3.63, 3.8) is 0 Å². The lowest BCUT2D eigenvalue weighted by molar-refractivity contribution is -0.385. The number of nitro benzene ring substituents is 1. The number of thioether (sulfide) groups is 1. The molecule has 1 fully saturated rings. The summed E-state index contributed by atoms with van der Waals surface area (Å²) in [5.41, 5.74) is 0.982. The molecule has 0 N–H and O–H groups in total. The number of nitro groups is 1. The molecule has 1 saturated heterocycles. The maximum atomic E-state index is 12.5. The number of rotatable bonds is 8. The minimum atomic E-state index is -0.469. The number of amides is 1. The van der Waals surface area contributed by atoms with Crippen molar-refractivity contribution in [2.24, 2.45) is 0 Å². The van der Waals surface area contributed by atoms with E-state index in [1.165, 1.54) is 29.8 Å². The van der Waals surface area contributed by atoms with Crippen LogP contribution in [0.2, 0.25) is 5.02 Å². The fraction of sp³-hybridized carbons (Fsp3) is 0.143. The average molecular weight is 477 g/mol. The Bertz CT molecular complexity index is 1100. The Morgan fingerprint density at radius 2 is 2.10 bits per heavy atom. The molecule has 1 amide bonds. The van der Waals surface area contributed by atoms with E-state index in [-0.39, 0.29) is 29.0 Å². The second-order valence-electron chi connectivity index (χ2n) is 6.29. The number of carbonyl (C=O) groups excluding carboxylic acids is 1. The summed E-state index contributed by atoms with van der Waals surface area (Å²) in [5.74, 6) is 0.374. The maximum Gasteiger partial charge on any atom is 0.276 e. The first-order valence-electron chi connectivity index (χ1n) is 8.94. The highest BCUT2D eigenvalue weighted by atomic mass is 35.5. The van der Waals surface area contributed by atoms with Crippen LogP contribution in [0.1, 0.15) is 11.1 Å². The minimum Gasteiger partial charge on any atom is -0.493 e. The van der Waals surface area contributed by atoms with Gasteiger partial charge in [-0.05, 0) is 29.8 Å². The van der Waals surface area contributed by atoms with Gasteiger partial charge in [0.05, 0.1) is 27.5 Å². The van der Waals surface area contributed by atoms with E-state index in [4.69, 9.17) is 33.3 Å². The number of benzene rings is 2. The summed E-state index contributed by atoms with van der Waals surface area (Å²) >= 11 is 12.8. The quantitative estimate of drug-likeness (QED) is 0.170. The Morgan fingerprint density at radius 1 is 1.35 bits per heavy atom. The molecule has 0 bridgehead atoms. The second kappa shape index (κ2) is 9.95. The second-order valence-corrected chi connectivity index (χ2v) is 8.37. The normalized spacial score (nSPS) is 14.8. The van der Waals surface area contributed by atoms with Crippen molar-refractivity contribution >= 4 is 57.6 Å². The number of nitrogens with zero attached hydrogens (tertiary/aromatic N) is 2. The lowest BCUT2D eigenvalue weighted by Crippen LogP contribution is -2.27. The molecule has 31 heavy (non-hydrogen) atoms. The van der Waals surface area contributed by atoms with Crippen LogP contribution in [-0.2, 0) is 11.4 Å². The zero-order chi connectivity index (χ0) is 22.5. The zero-order valence-corrected chi connectivity index (χ0v) is 18.8. The average Bonchev–Trinajstić information content (AvgIpc) is 3.00. The van der Waals surface area contributed by atoms with Gasteiger partial charge in [-0.25, -0.2) is 0 Å². The Balaban J connectivity index is 1.86. The molecule has 2 aromatic carbocycles. The number of halogens is 1. The van der Waals surface area contributed by atoms with Crippen LogP contribution in [0.5, 0.6) is 11.5 Å². The molecule has 160 valence electrons. The molecule has 0 saturated carbocycles. The van der Waals surface area contributed by atoms with Gasteiger partial charge in [0.1, 0.15) is 10.9 Å². The predicted molar refractivity (Wildman–Crippen MR) is 126 cm³/mol. The first kappa shape index (κ1) is 22.8. The molecule has 0 unspecified atom stereocenters. The van der Waals surface area contributed by atoms with Crippen molar-refractivity contribution in [2.45, 2.75) is 6.61 Å². The zero-order valence-electron chi connectivity index (χ0n) is 16.4. The van der Waals surface area contributed by atoms with Gasteiger partial charge in [-0.3, -0.25) is 19.8 Å². The summed E-state index contributed by atoms with van der Waals surface area (Å²) in [7, 11) is 1.46. The number of carbonyl (C=O) groups is 1. The lowest BCUT2D eigenvalue weighted by Gasteiger charge is -2.14. The Hall–Kier alpha value is -2.88. The van der Waals surface area contributed by atoms with E-state index >= 15 is 0 Å². The Labute approximate surface area is 193 Å². The van der Waals surface area contributed by atoms with Crippen molar-refractivity contribution < 1.29 is 19.2 Å². The van der Waals surface area contributed by atoms with Crippen molar-refractivity contribution in [3.8, 4) is 11.5 Å². The van der Waals surface area contributed by atoms with Crippen LogP contribution in [0.3, 0.4) is 0 Å². The highest BCUT2D eigenvalue weighted by Gasteiger charge is 2.31. The summed E-state index contributed by atoms with van der Waals surface area (Å²) in [4.78, 5) is 25.2. The molecule has 0 aliphatic carbocycles. The molecular weight excluding hydrogens is 460 g/mol. The van der Waals surface area contributed by atoms with E-state index in [1.807, 2.05) is 0 Å². The smallest absolute Gasteiger partial charge is 0.276 e. The summed E-state index contributed by atoms with van der Waals surface area (Å²) in [6.45, 7) is 3.91. The minimum absolute atomic E-state index is 0.0456. The maximum absolute atomic E-state index is 12.5. The third-order valence-corrected chi connectivity index (χ3v) is 5.95. The van der Waals surface area contributed by atoms with E-state index in [0.717, 1.165) is 0 Å². The number of hydrogen-bond donors (Lipinski definition) is 0. The number of methoxy groups -OCH3 is 1. The SMILES string of the molecule is C=CCN1C(=O)/C(=C/c2cc(Cl)c(OCc3ccccc3[N+](=O)[O-])c(OC)c2)SC1=S. The van der Waals surface area contributed by atoms with Gasteiger partial charge in [0.2, 0.25) is 0 Å². The Kier molecular flexibility index (Phi) is 7.32. The highest BCUT2D eigenvalue weighted by molar-refractivity contribution is 8.26. The number of thiocarbonyl (C=S) groups is 1. The molecule has 7 nitrogen and oxygen atoms in total. The van der Waals surface area contributed by atoms with E-state index < -0.39 is 4.92 Å². The molecule has 2 aromatic rings. The molecule has 0 radical (unpaired) electrons. The third kappa shape index (κ3) is 5.07. The molecule has 0 spiro atoms. The van der Waals surface area contributed by atoms with Crippen LogP contribution in [0.25, 0.3) is 6.08 Å². The topological polar surface area (TPSA) is 81.9 Å². The fourth-order valence-electron chi connectivity index (χ4n) is 2.86. The van der Waals surface area contributed by atoms with Gasteiger partial charge in [0.15, 0.2) is 11.5 Å². The Morgan fingerprint density at radius 3 is 2.77 bits per heavy atom. The number of hydrogen-bond acceptors (Lipinski definition) is 7. The molecule has 10 heteroatoms. The molecular formula is C21H17ClN2O5S2. The van der Waals surface area contributed by atoms with Gasteiger partial charge in [0, 0.05) is 12.6 Å². The molecule has 3 rings (SSSR count). The predicted octanol–water partition coefficient (Wildman–Crippen LogP) is 5.22. The van der Waals surface area contributed by atoms with Gasteiger partial charge in [-0.15, -0.1) is 6.58 Å². The van der Waals surface area contributed by atoms with Gasteiger partial charge in [-0.2, -0.15) is 0 Å². The highest BCUT2D eigenvalue weighted by Crippen LogP contribution is 2.39. The van der Waals surface area contributed by atoms with Gasteiger partial charge >= 0.3 is 0 Å². The van der Waals surface area contributed by atoms with Crippen LogP contribution in [0, 0.1) is 10.1 Å². The lowest BCUT2D eigenvalue weighted by atomic mass is 10.1. The molecule has 1 aliphatic heterocycles.